The van der Waals surface area contributed by atoms with Crippen molar-refractivity contribution in [3.63, 3.8) is 0 Å². The highest BCUT2D eigenvalue weighted by Crippen LogP contribution is 2.19. The van der Waals surface area contributed by atoms with E-state index >= 15 is 0 Å². The van der Waals surface area contributed by atoms with E-state index in [1.165, 1.54) is 0 Å². The van der Waals surface area contributed by atoms with Gasteiger partial charge in [0.2, 0.25) is 11.9 Å². The average Bonchev–Trinajstić information content (AvgIpc) is 3.49. The first kappa shape index (κ1) is 21.5. The fourth-order valence-electron chi connectivity index (χ4n) is 3.45. The van der Waals surface area contributed by atoms with E-state index in [1.54, 1.807) is 4.52 Å². The van der Waals surface area contributed by atoms with Gasteiger partial charge in [-0.1, -0.05) is 12.1 Å². The van der Waals surface area contributed by atoms with Gasteiger partial charge in [-0.15, -0.1) is 5.10 Å². The van der Waals surface area contributed by atoms with E-state index in [0.717, 1.165) is 35.4 Å². The number of hydrogen-bond donors (Lipinski definition) is 3. The summed E-state index contributed by atoms with van der Waals surface area (Å²) in [6, 6.07) is 7.86. The number of nitrogen functional groups attached to an aromatic ring is 1. The SMILES string of the molecule is Cc1nc2nc(N)nn2c(C)c1CC(=O)NCCc1ccc(OCC(=O)NC2CC2)cc1. The highest BCUT2D eigenvalue weighted by atomic mass is 16.5. The second-order valence-corrected chi connectivity index (χ2v) is 7.99. The summed E-state index contributed by atoms with van der Waals surface area (Å²) in [6.45, 7) is 4.25. The molecule has 0 bridgehead atoms. The number of nitrogens with two attached hydrogens (primary N) is 1. The van der Waals surface area contributed by atoms with E-state index in [0.29, 0.717) is 30.5 Å². The van der Waals surface area contributed by atoms with Crippen LogP contribution in [0.1, 0.15) is 35.4 Å². The summed E-state index contributed by atoms with van der Waals surface area (Å²) in [5.41, 5.74) is 9.06. The number of amides is 2. The number of aromatic nitrogens is 4. The maximum atomic E-state index is 12.5. The van der Waals surface area contributed by atoms with Crippen molar-refractivity contribution < 1.29 is 14.3 Å². The molecule has 10 heteroatoms. The van der Waals surface area contributed by atoms with Crippen LogP contribution in [0.5, 0.6) is 5.75 Å². The molecular formula is C22H27N7O3. The van der Waals surface area contributed by atoms with Crippen LogP contribution in [0.15, 0.2) is 24.3 Å². The molecule has 0 saturated heterocycles. The molecule has 0 atom stereocenters. The topological polar surface area (TPSA) is 137 Å². The third kappa shape index (κ3) is 5.32. The van der Waals surface area contributed by atoms with E-state index in [2.05, 4.69) is 25.7 Å². The summed E-state index contributed by atoms with van der Waals surface area (Å²) < 4.78 is 7.07. The zero-order valence-electron chi connectivity index (χ0n) is 18.2. The molecule has 4 rings (SSSR count). The molecular weight excluding hydrogens is 410 g/mol. The van der Waals surface area contributed by atoms with Crippen molar-refractivity contribution in [3.05, 3.63) is 46.8 Å². The lowest BCUT2D eigenvalue weighted by molar-refractivity contribution is -0.123. The zero-order valence-corrected chi connectivity index (χ0v) is 18.2. The van der Waals surface area contributed by atoms with E-state index in [1.807, 2.05) is 38.1 Å². The first-order chi connectivity index (χ1) is 15.4. The number of rotatable bonds is 9. The van der Waals surface area contributed by atoms with Gasteiger partial charge in [-0.2, -0.15) is 9.50 Å². The van der Waals surface area contributed by atoms with Gasteiger partial charge in [0.05, 0.1) is 6.42 Å². The molecule has 10 nitrogen and oxygen atoms in total. The van der Waals surface area contributed by atoms with Crippen LogP contribution in [0.2, 0.25) is 0 Å². The Bertz CT molecular complexity index is 1140. The van der Waals surface area contributed by atoms with Crippen molar-refractivity contribution in [1.29, 1.82) is 0 Å². The molecule has 1 aliphatic carbocycles. The number of hydrogen-bond acceptors (Lipinski definition) is 7. The first-order valence-electron chi connectivity index (χ1n) is 10.6. The van der Waals surface area contributed by atoms with Gasteiger partial charge in [-0.3, -0.25) is 9.59 Å². The molecule has 2 heterocycles. The summed E-state index contributed by atoms with van der Waals surface area (Å²) in [5.74, 6) is 1.04. The monoisotopic (exact) mass is 437 g/mol. The van der Waals surface area contributed by atoms with Gasteiger partial charge in [0, 0.05) is 29.5 Å². The Balaban J connectivity index is 1.24. The van der Waals surface area contributed by atoms with Crippen LogP contribution < -0.4 is 21.1 Å². The van der Waals surface area contributed by atoms with Crippen LogP contribution in [-0.4, -0.2) is 50.6 Å². The quantitative estimate of drug-likeness (QED) is 0.452. The van der Waals surface area contributed by atoms with Gasteiger partial charge >= 0.3 is 0 Å². The number of nitrogens with one attached hydrogen (secondary N) is 2. The highest BCUT2D eigenvalue weighted by molar-refractivity contribution is 5.79. The summed E-state index contributed by atoms with van der Waals surface area (Å²) in [6.07, 6.45) is 3.00. The van der Waals surface area contributed by atoms with Gasteiger partial charge in [0.1, 0.15) is 5.75 Å². The van der Waals surface area contributed by atoms with Gasteiger partial charge in [-0.05, 0) is 50.8 Å². The summed E-state index contributed by atoms with van der Waals surface area (Å²) in [4.78, 5) is 32.6. The number of anilines is 1. The average molecular weight is 438 g/mol. The van der Waals surface area contributed by atoms with Crippen molar-refractivity contribution in [2.24, 2.45) is 0 Å². The lowest BCUT2D eigenvalue weighted by atomic mass is 10.1. The molecule has 1 saturated carbocycles. The van der Waals surface area contributed by atoms with Crippen molar-refractivity contribution in [1.82, 2.24) is 30.2 Å². The number of fused-ring (bicyclic) bond motifs is 1. The third-order valence-corrected chi connectivity index (χ3v) is 5.37. The Labute approximate surface area is 185 Å². The Morgan fingerprint density at radius 2 is 1.91 bits per heavy atom. The maximum Gasteiger partial charge on any atom is 0.258 e. The fraction of sp³-hybridized carbons (Fsp3) is 0.409. The van der Waals surface area contributed by atoms with Crippen LogP contribution in [0, 0.1) is 13.8 Å². The fourth-order valence-corrected chi connectivity index (χ4v) is 3.45. The van der Waals surface area contributed by atoms with Crippen molar-refractivity contribution in [3.8, 4) is 5.75 Å². The third-order valence-electron chi connectivity index (χ3n) is 5.37. The largest absolute Gasteiger partial charge is 0.484 e. The second-order valence-electron chi connectivity index (χ2n) is 7.99. The van der Waals surface area contributed by atoms with Crippen molar-refractivity contribution in [2.45, 2.75) is 45.6 Å². The van der Waals surface area contributed by atoms with Gasteiger partial charge < -0.3 is 21.1 Å². The van der Waals surface area contributed by atoms with E-state index in [9.17, 15) is 9.59 Å². The van der Waals surface area contributed by atoms with Gasteiger partial charge in [0.15, 0.2) is 6.61 Å². The van der Waals surface area contributed by atoms with E-state index < -0.39 is 0 Å². The van der Waals surface area contributed by atoms with Crippen LogP contribution >= 0.6 is 0 Å². The minimum absolute atomic E-state index is 0.0204. The molecule has 4 N–H and O–H groups in total. The lowest BCUT2D eigenvalue weighted by Crippen LogP contribution is -2.30. The highest BCUT2D eigenvalue weighted by Gasteiger charge is 2.23. The van der Waals surface area contributed by atoms with Crippen molar-refractivity contribution in [2.75, 3.05) is 18.9 Å². The number of aryl methyl sites for hydroxylation is 2. The van der Waals surface area contributed by atoms with Gasteiger partial charge in [0.25, 0.3) is 11.7 Å². The molecule has 1 fully saturated rings. The van der Waals surface area contributed by atoms with Crippen LogP contribution in [-0.2, 0) is 22.4 Å². The molecule has 32 heavy (non-hydrogen) atoms. The number of nitrogens with zero attached hydrogens (tertiary/aromatic N) is 4. The standard InChI is InChI=1S/C22H27N7O3/c1-13-18(14(2)29-22(25-13)27-21(23)28-29)11-19(30)24-10-9-15-3-7-17(8-4-15)32-12-20(31)26-16-5-6-16/h3-4,7-8,16H,5-6,9-12H2,1-2H3,(H2,23,28)(H,24,30)(H,26,31). The minimum atomic E-state index is -0.0913. The Morgan fingerprint density at radius 1 is 1.16 bits per heavy atom. The number of benzene rings is 1. The van der Waals surface area contributed by atoms with Crippen LogP contribution in [0.4, 0.5) is 5.95 Å². The predicted molar refractivity (Wildman–Crippen MR) is 118 cm³/mol. The number of ether oxygens (including phenoxy) is 1. The Morgan fingerprint density at radius 3 is 2.62 bits per heavy atom. The zero-order chi connectivity index (χ0) is 22.7. The summed E-state index contributed by atoms with van der Waals surface area (Å²) in [7, 11) is 0. The van der Waals surface area contributed by atoms with Gasteiger partial charge in [-0.25, -0.2) is 4.98 Å². The lowest BCUT2D eigenvalue weighted by Gasteiger charge is -2.11. The molecule has 0 radical (unpaired) electrons. The molecule has 2 aromatic heterocycles. The van der Waals surface area contributed by atoms with E-state index in [-0.39, 0.29) is 30.8 Å². The normalized spacial score (nSPS) is 13.2. The smallest absolute Gasteiger partial charge is 0.258 e. The molecule has 1 aromatic carbocycles. The summed E-state index contributed by atoms with van der Waals surface area (Å²) >= 11 is 0. The second kappa shape index (κ2) is 9.21. The molecule has 0 aliphatic heterocycles. The molecule has 2 amide bonds. The molecule has 168 valence electrons. The Kier molecular flexibility index (Phi) is 6.20. The summed E-state index contributed by atoms with van der Waals surface area (Å²) in [5, 5.41) is 9.96. The number of carbonyl (C=O) groups is 2. The van der Waals surface area contributed by atoms with Crippen LogP contribution in [0.25, 0.3) is 5.78 Å². The maximum absolute atomic E-state index is 12.5. The molecule has 3 aromatic rings. The molecule has 0 unspecified atom stereocenters. The van der Waals surface area contributed by atoms with Crippen molar-refractivity contribution >= 4 is 23.5 Å². The minimum Gasteiger partial charge on any atom is -0.484 e. The predicted octanol–water partition coefficient (Wildman–Crippen LogP) is 0.882. The number of carbonyl (C=O) groups excluding carboxylic acids is 2. The molecule has 0 spiro atoms. The van der Waals surface area contributed by atoms with E-state index in [4.69, 9.17) is 10.5 Å². The van der Waals surface area contributed by atoms with Crippen LogP contribution in [0.3, 0.4) is 0 Å². The first-order valence-corrected chi connectivity index (χ1v) is 10.6. The Hall–Kier alpha value is -3.69. The molecule has 1 aliphatic rings.